The number of thiazole rings is 1. The quantitative estimate of drug-likeness (QED) is 0.710. The van der Waals surface area contributed by atoms with Gasteiger partial charge < -0.3 is 4.98 Å². The Balaban J connectivity index is 3.09. The second kappa shape index (κ2) is 3.17. The molecule has 1 aromatic carbocycles. The van der Waals surface area contributed by atoms with Gasteiger partial charge in [-0.25, -0.2) is 0 Å². The molecule has 0 saturated heterocycles. The standard InChI is InChI=1S/C7H4ClNO2S2/c8-4-2-1-3-5-6(4)9-7(12-5)13(10)11/h1-3,9H. The molecule has 0 radical (unpaired) electrons. The monoisotopic (exact) mass is 233 g/mol. The number of hydrogen-bond donors (Lipinski definition) is 1. The molecule has 3 nitrogen and oxygen atoms in total. The van der Waals surface area contributed by atoms with Crippen LogP contribution in [0.1, 0.15) is 0 Å². The number of aromatic amines is 1. The van der Waals surface area contributed by atoms with E-state index in [1.54, 1.807) is 12.1 Å². The lowest BCUT2D eigenvalue weighted by Crippen LogP contribution is -1.69. The van der Waals surface area contributed by atoms with Gasteiger partial charge in [-0.3, -0.25) is 0 Å². The highest BCUT2D eigenvalue weighted by molar-refractivity contribution is 7.66. The fourth-order valence-electron chi connectivity index (χ4n) is 1.01. The smallest absolute Gasteiger partial charge is 0.248 e. The molecule has 13 heavy (non-hydrogen) atoms. The van der Waals surface area contributed by atoms with Crippen LogP contribution in [0.3, 0.4) is 0 Å². The van der Waals surface area contributed by atoms with E-state index >= 15 is 0 Å². The Morgan fingerprint density at radius 1 is 1.38 bits per heavy atom. The number of aromatic nitrogens is 1. The van der Waals surface area contributed by atoms with Gasteiger partial charge in [0, 0.05) is 0 Å². The van der Waals surface area contributed by atoms with Gasteiger partial charge in [0.1, 0.15) is 0 Å². The van der Waals surface area contributed by atoms with Crippen LogP contribution in [0.5, 0.6) is 0 Å². The molecule has 2 aromatic rings. The number of benzene rings is 1. The van der Waals surface area contributed by atoms with E-state index in [1.165, 1.54) is 11.3 Å². The molecule has 2 rings (SSSR count). The summed E-state index contributed by atoms with van der Waals surface area (Å²) < 4.78 is 22.3. The minimum atomic E-state index is -2.22. The van der Waals surface area contributed by atoms with Crippen LogP contribution in [0.4, 0.5) is 0 Å². The number of hydrogen-bond acceptors (Lipinski definition) is 3. The summed E-state index contributed by atoms with van der Waals surface area (Å²) in [6.45, 7) is 0. The van der Waals surface area contributed by atoms with Crippen molar-refractivity contribution in [2.75, 3.05) is 0 Å². The first-order valence-corrected chi connectivity index (χ1v) is 5.65. The maximum Gasteiger partial charge on any atom is 0.248 e. The Bertz CT molecular complexity index is 615. The summed E-state index contributed by atoms with van der Waals surface area (Å²) in [5.74, 6) is 0. The molecule has 1 aromatic heterocycles. The molecule has 68 valence electrons. The minimum absolute atomic E-state index is 0.197. The lowest BCUT2D eigenvalue weighted by Gasteiger charge is -1.88. The van der Waals surface area contributed by atoms with Crippen LogP contribution < -0.4 is 0 Å². The molecule has 0 amide bonds. The number of fused-ring (bicyclic) bond motifs is 1. The largest absolute Gasteiger partial charge is 0.332 e. The van der Waals surface area contributed by atoms with Crippen molar-refractivity contribution in [1.29, 1.82) is 0 Å². The molecular weight excluding hydrogens is 230 g/mol. The SMILES string of the molecule is O=S(=O)=c1[nH]c2c(Cl)cccc2s1. The highest BCUT2D eigenvalue weighted by Crippen LogP contribution is 2.25. The molecule has 0 bridgehead atoms. The topological polar surface area (TPSA) is 49.9 Å². The fraction of sp³-hybridized carbons (Fsp3) is 0. The van der Waals surface area contributed by atoms with Gasteiger partial charge in [-0.2, -0.15) is 8.42 Å². The average Bonchev–Trinajstić information content (AvgIpc) is 2.49. The van der Waals surface area contributed by atoms with E-state index in [1.807, 2.05) is 6.07 Å². The maximum absolute atomic E-state index is 10.6. The van der Waals surface area contributed by atoms with Gasteiger partial charge in [-0.1, -0.05) is 17.7 Å². The molecule has 0 aliphatic carbocycles. The molecule has 0 spiro atoms. The zero-order valence-electron chi connectivity index (χ0n) is 6.24. The summed E-state index contributed by atoms with van der Waals surface area (Å²) in [5.41, 5.74) is 0.674. The molecule has 1 heterocycles. The van der Waals surface area contributed by atoms with Crippen molar-refractivity contribution in [2.24, 2.45) is 0 Å². The van der Waals surface area contributed by atoms with Gasteiger partial charge in [0.2, 0.25) is 14.2 Å². The van der Waals surface area contributed by atoms with Gasteiger partial charge >= 0.3 is 0 Å². The average molecular weight is 234 g/mol. The first-order chi connectivity index (χ1) is 6.18. The number of halogens is 1. The van der Waals surface area contributed by atoms with Crippen LogP contribution >= 0.6 is 22.9 Å². The van der Waals surface area contributed by atoms with E-state index in [0.717, 1.165) is 4.70 Å². The van der Waals surface area contributed by atoms with Crippen molar-refractivity contribution < 1.29 is 8.42 Å². The predicted octanol–water partition coefficient (Wildman–Crippen LogP) is 2.29. The normalized spacial score (nSPS) is 10.5. The summed E-state index contributed by atoms with van der Waals surface area (Å²) in [7, 11) is -2.22. The van der Waals surface area contributed by atoms with Crippen LogP contribution in [0.2, 0.25) is 5.02 Å². The lowest BCUT2D eigenvalue weighted by molar-refractivity contribution is 0.624. The third-order valence-corrected chi connectivity index (χ3v) is 3.78. The Morgan fingerprint density at radius 3 is 2.77 bits per heavy atom. The van der Waals surface area contributed by atoms with E-state index in [-0.39, 0.29) is 3.95 Å². The molecule has 0 saturated carbocycles. The Labute approximate surface area is 84.1 Å². The number of H-pyrrole nitrogens is 1. The van der Waals surface area contributed by atoms with Gasteiger partial charge in [-0.15, -0.1) is 11.3 Å². The molecule has 0 aliphatic heterocycles. The third-order valence-electron chi connectivity index (χ3n) is 1.56. The van der Waals surface area contributed by atoms with E-state index in [2.05, 4.69) is 4.98 Å². The van der Waals surface area contributed by atoms with E-state index < -0.39 is 10.3 Å². The number of para-hydroxylation sites is 1. The molecular formula is C7H4ClNO2S2. The highest BCUT2D eigenvalue weighted by atomic mass is 35.5. The first kappa shape index (κ1) is 8.80. The Hall–Kier alpha value is -0.780. The molecule has 0 aliphatic rings. The Morgan fingerprint density at radius 2 is 2.15 bits per heavy atom. The predicted molar refractivity (Wildman–Crippen MR) is 53.3 cm³/mol. The molecule has 0 atom stereocenters. The summed E-state index contributed by atoms with van der Waals surface area (Å²) >= 11 is 7.02. The maximum atomic E-state index is 10.6. The summed E-state index contributed by atoms with van der Waals surface area (Å²) in [6.07, 6.45) is 0. The van der Waals surface area contributed by atoms with Crippen LogP contribution in [-0.4, -0.2) is 13.4 Å². The number of nitrogens with one attached hydrogen (secondary N) is 1. The van der Waals surface area contributed by atoms with Crippen molar-refractivity contribution in [2.45, 2.75) is 0 Å². The molecule has 0 fully saturated rings. The fourth-order valence-corrected chi connectivity index (χ4v) is 2.78. The lowest BCUT2D eigenvalue weighted by atomic mass is 10.3. The van der Waals surface area contributed by atoms with E-state index in [4.69, 9.17) is 11.6 Å². The van der Waals surface area contributed by atoms with Crippen LogP contribution in [-0.2, 0) is 10.3 Å². The molecule has 0 unspecified atom stereocenters. The van der Waals surface area contributed by atoms with Crippen molar-refractivity contribution in [3.63, 3.8) is 0 Å². The van der Waals surface area contributed by atoms with Gasteiger partial charge in [-0.05, 0) is 12.1 Å². The third kappa shape index (κ3) is 1.50. The second-order valence-corrected chi connectivity index (χ2v) is 4.96. The van der Waals surface area contributed by atoms with Crippen LogP contribution in [0.25, 0.3) is 10.2 Å². The minimum Gasteiger partial charge on any atom is -0.332 e. The summed E-state index contributed by atoms with van der Waals surface area (Å²) in [4.78, 5) is 2.74. The zero-order chi connectivity index (χ0) is 9.42. The van der Waals surface area contributed by atoms with Crippen molar-refractivity contribution in [1.82, 2.24) is 4.98 Å². The Kier molecular flexibility index (Phi) is 2.15. The van der Waals surface area contributed by atoms with Gasteiger partial charge in [0.15, 0.2) is 0 Å². The highest BCUT2D eigenvalue weighted by Gasteiger charge is 2.01. The van der Waals surface area contributed by atoms with Crippen LogP contribution in [0.15, 0.2) is 18.2 Å². The van der Waals surface area contributed by atoms with Crippen molar-refractivity contribution in [3.05, 3.63) is 27.2 Å². The molecule has 1 N–H and O–H groups in total. The van der Waals surface area contributed by atoms with E-state index in [9.17, 15) is 8.42 Å². The number of rotatable bonds is 0. The van der Waals surface area contributed by atoms with Gasteiger partial charge in [0.25, 0.3) is 0 Å². The van der Waals surface area contributed by atoms with Crippen LogP contribution in [0, 0.1) is 3.95 Å². The molecule has 6 heteroatoms. The van der Waals surface area contributed by atoms with Crippen molar-refractivity contribution >= 4 is 43.4 Å². The van der Waals surface area contributed by atoms with Gasteiger partial charge in [0.05, 0.1) is 15.2 Å². The summed E-state index contributed by atoms with van der Waals surface area (Å²) in [5, 5.41) is 0.533. The van der Waals surface area contributed by atoms with Crippen molar-refractivity contribution in [3.8, 4) is 0 Å². The summed E-state index contributed by atoms with van der Waals surface area (Å²) in [6, 6.07) is 5.32. The first-order valence-electron chi connectivity index (χ1n) is 3.38. The van der Waals surface area contributed by atoms with E-state index in [0.29, 0.717) is 10.5 Å². The zero-order valence-corrected chi connectivity index (χ0v) is 8.63. The second-order valence-electron chi connectivity index (χ2n) is 2.36.